The third-order valence-electron chi connectivity index (χ3n) is 5.63. The first kappa shape index (κ1) is 18.9. The van der Waals surface area contributed by atoms with Gasteiger partial charge >= 0.3 is 0 Å². The number of halogens is 1. The number of nitrogens with zero attached hydrogens (tertiary/aromatic N) is 1. The Morgan fingerprint density at radius 3 is 2.78 bits per heavy atom. The molecule has 1 aromatic carbocycles. The van der Waals surface area contributed by atoms with E-state index in [9.17, 15) is 9.90 Å². The van der Waals surface area contributed by atoms with Gasteiger partial charge in [-0.3, -0.25) is 9.69 Å². The van der Waals surface area contributed by atoms with E-state index < -0.39 is 6.10 Å². The summed E-state index contributed by atoms with van der Waals surface area (Å²) >= 11 is 3.43. The van der Waals surface area contributed by atoms with Crippen molar-refractivity contribution in [1.29, 1.82) is 0 Å². The van der Waals surface area contributed by atoms with Gasteiger partial charge in [-0.25, -0.2) is 0 Å². The molecule has 4 rings (SSSR count). The summed E-state index contributed by atoms with van der Waals surface area (Å²) < 4.78 is 18.0. The quantitative estimate of drug-likeness (QED) is 0.779. The first-order valence-electron chi connectivity index (χ1n) is 9.44. The third kappa shape index (κ3) is 4.06. The predicted octanol–water partition coefficient (Wildman–Crippen LogP) is 2.36. The summed E-state index contributed by atoms with van der Waals surface area (Å²) in [6.07, 6.45) is 1.87. The second kappa shape index (κ2) is 8.31. The van der Waals surface area contributed by atoms with Crippen LogP contribution in [0.25, 0.3) is 0 Å². The minimum atomic E-state index is -0.457. The third-order valence-corrected chi connectivity index (χ3v) is 6.28. The molecule has 6 nitrogen and oxygen atoms in total. The molecule has 1 aliphatic carbocycles. The van der Waals surface area contributed by atoms with Gasteiger partial charge in [0.25, 0.3) is 0 Å². The molecule has 0 amide bonds. The largest absolute Gasteiger partial charge is 0.493 e. The SMILES string of the molecule is O=C1C(Oc2ccccc2Br)=COC2C1CCC(O)C2CN1CCOCC1. The summed E-state index contributed by atoms with van der Waals surface area (Å²) in [5, 5.41) is 10.6. The number of hydrogen-bond acceptors (Lipinski definition) is 6. The second-order valence-corrected chi connectivity index (χ2v) is 8.16. The highest BCUT2D eigenvalue weighted by atomic mass is 79.9. The predicted molar refractivity (Wildman–Crippen MR) is 102 cm³/mol. The lowest BCUT2D eigenvalue weighted by atomic mass is 9.73. The summed E-state index contributed by atoms with van der Waals surface area (Å²) in [6, 6.07) is 7.41. The molecule has 2 heterocycles. The Labute approximate surface area is 167 Å². The van der Waals surface area contributed by atoms with Crippen molar-refractivity contribution in [2.75, 3.05) is 32.8 Å². The number of fused-ring (bicyclic) bond motifs is 1. The van der Waals surface area contributed by atoms with E-state index in [1.165, 1.54) is 6.26 Å². The van der Waals surface area contributed by atoms with E-state index in [1.807, 2.05) is 18.2 Å². The number of hydrogen-bond donors (Lipinski definition) is 1. The molecule has 146 valence electrons. The molecular weight excluding hydrogens is 414 g/mol. The fraction of sp³-hybridized carbons (Fsp3) is 0.550. The minimum absolute atomic E-state index is 0.0409. The monoisotopic (exact) mass is 437 g/mol. The Balaban J connectivity index is 1.49. The number of carbonyl (C=O) groups excluding carboxylic acids is 1. The second-order valence-electron chi connectivity index (χ2n) is 7.31. The average Bonchev–Trinajstić information content (AvgIpc) is 2.68. The van der Waals surface area contributed by atoms with Crippen LogP contribution in [0.3, 0.4) is 0 Å². The molecule has 1 aromatic rings. The van der Waals surface area contributed by atoms with Gasteiger partial charge in [0.1, 0.15) is 18.1 Å². The lowest BCUT2D eigenvalue weighted by molar-refractivity contribution is -0.140. The standard InChI is InChI=1S/C20H24BrNO5/c21-15-3-1-2-4-17(15)27-18-12-26-20-13(19(18)24)5-6-16(23)14(20)11-22-7-9-25-10-8-22/h1-4,12-14,16,20,23H,5-11H2. The van der Waals surface area contributed by atoms with Crippen molar-refractivity contribution in [3.05, 3.63) is 40.8 Å². The smallest absolute Gasteiger partial charge is 0.208 e. The number of ketones is 1. The Kier molecular flexibility index (Phi) is 5.82. The van der Waals surface area contributed by atoms with Gasteiger partial charge in [-0.15, -0.1) is 0 Å². The van der Waals surface area contributed by atoms with E-state index in [2.05, 4.69) is 20.8 Å². The maximum Gasteiger partial charge on any atom is 0.208 e. The van der Waals surface area contributed by atoms with Gasteiger partial charge in [0, 0.05) is 25.6 Å². The molecule has 7 heteroatoms. The zero-order chi connectivity index (χ0) is 18.8. The Morgan fingerprint density at radius 1 is 1.22 bits per heavy atom. The molecule has 1 N–H and O–H groups in total. The Hall–Kier alpha value is -1.41. The first-order chi connectivity index (χ1) is 13.1. The number of morpholine rings is 1. The van der Waals surface area contributed by atoms with Crippen LogP contribution in [0.5, 0.6) is 5.75 Å². The molecule has 1 saturated heterocycles. The highest BCUT2D eigenvalue weighted by molar-refractivity contribution is 9.10. The molecule has 3 aliphatic rings. The fourth-order valence-electron chi connectivity index (χ4n) is 4.13. The highest BCUT2D eigenvalue weighted by Gasteiger charge is 2.47. The van der Waals surface area contributed by atoms with Crippen LogP contribution in [-0.4, -0.2) is 60.8 Å². The molecule has 0 spiro atoms. The molecule has 2 aliphatic heterocycles. The number of para-hydroxylation sites is 1. The molecule has 0 aromatic heterocycles. The van der Waals surface area contributed by atoms with Gasteiger partial charge in [0.05, 0.1) is 29.7 Å². The van der Waals surface area contributed by atoms with Crippen molar-refractivity contribution >= 4 is 21.7 Å². The number of aliphatic hydroxyl groups is 1. The van der Waals surface area contributed by atoms with Crippen molar-refractivity contribution in [2.45, 2.75) is 25.0 Å². The first-order valence-corrected chi connectivity index (χ1v) is 10.2. The Bertz CT molecular complexity index is 718. The molecule has 0 bridgehead atoms. The maximum atomic E-state index is 13.0. The number of benzene rings is 1. The maximum absolute atomic E-state index is 13.0. The molecule has 4 atom stereocenters. The van der Waals surface area contributed by atoms with Crippen LogP contribution in [0, 0.1) is 11.8 Å². The number of aliphatic hydroxyl groups excluding tert-OH is 1. The van der Waals surface area contributed by atoms with Crippen LogP contribution in [0.1, 0.15) is 12.8 Å². The molecule has 27 heavy (non-hydrogen) atoms. The summed E-state index contributed by atoms with van der Waals surface area (Å²) in [7, 11) is 0. The lowest BCUT2D eigenvalue weighted by Crippen LogP contribution is -2.53. The fourth-order valence-corrected chi connectivity index (χ4v) is 4.50. The van der Waals surface area contributed by atoms with E-state index in [-0.39, 0.29) is 29.5 Å². The molecule has 4 unspecified atom stereocenters. The van der Waals surface area contributed by atoms with Crippen LogP contribution in [0.4, 0.5) is 0 Å². The zero-order valence-corrected chi connectivity index (χ0v) is 16.6. The van der Waals surface area contributed by atoms with Crippen molar-refractivity contribution < 1.29 is 24.1 Å². The van der Waals surface area contributed by atoms with Gasteiger partial charge in [-0.2, -0.15) is 0 Å². The van der Waals surface area contributed by atoms with Gasteiger partial charge in [-0.05, 0) is 40.9 Å². The van der Waals surface area contributed by atoms with Gasteiger partial charge in [-0.1, -0.05) is 12.1 Å². The number of rotatable bonds is 4. The summed E-state index contributed by atoms with van der Waals surface area (Å²) in [5.74, 6) is 0.402. The van der Waals surface area contributed by atoms with E-state index in [1.54, 1.807) is 6.07 Å². The van der Waals surface area contributed by atoms with Crippen molar-refractivity contribution in [3.63, 3.8) is 0 Å². The van der Waals surface area contributed by atoms with Crippen molar-refractivity contribution in [3.8, 4) is 5.75 Å². The normalized spacial score (nSPS) is 31.6. The summed E-state index contributed by atoms with van der Waals surface area (Å²) in [6.45, 7) is 3.83. The topological polar surface area (TPSA) is 68.2 Å². The average molecular weight is 438 g/mol. The summed E-state index contributed by atoms with van der Waals surface area (Å²) in [5.41, 5.74) is 0. The van der Waals surface area contributed by atoms with E-state index in [4.69, 9.17) is 14.2 Å². The van der Waals surface area contributed by atoms with Crippen LogP contribution in [0.15, 0.2) is 40.8 Å². The van der Waals surface area contributed by atoms with E-state index in [0.29, 0.717) is 38.3 Å². The molecule has 0 radical (unpaired) electrons. The lowest BCUT2D eigenvalue weighted by Gasteiger charge is -2.43. The minimum Gasteiger partial charge on any atom is -0.493 e. The van der Waals surface area contributed by atoms with E-state index in [0.717, 1.165) is 17.6 Å². The number of allylic oxidation sites excluding steroid dienone is 1. The number of carbonyl (C=O) groups is 1. The van der Waals surface area contributed by atoms with E-state index >= 15 is 0 Å². The van der Waals surface area contributed by atoms with Crippen LogP contribution in [-0.2, 0) is 14.3 Å². The van der Waals surface area contributed by atoms with Crippen LogP contribution >= 0.6 is 15.9 Å². The molecule has 2 fully saturated rings. The summed E-state index contributed by atoms with van der Waals surface area (Å²) in [4.78, 5) is 15.3. The zero-order valence-electron chi connectivity index (χ0n) is 15.1. The molecular formula is C20H24BrNO5. The number of ether oxygens (including phenoxy) is 3. The van der Waals surface area contributed by atoms with Gasteiger partial charge in [0.2, 0.25) is 11.5 Å². The molecule has 1 saturated carbocycles. The number of Topliss-reactive ketones (excluding diaryl/α,β-unsaturated/α-hetero) is 1. The van der Waals surface area contributed by atoms with Crippen LogP contribution < -0.4 is 4.74 Å². The highest BCUT2D eigenvalue weighted by Crippen LogP contribution is 2.38. The van der Waals surface area contributed by atoms with Crippen LogP contribution in [0.2, 0.25) is 0 Å². The van der Waals surface area contributed by atoms with Crippen molar-refractivity contribution in [2.24, 2.45) is 11.8 Å². The van der Waals surface area contributed by atoms with Crippen molar-refractivity contribution in [1.82, 2.24) is 4.90 Å². The Morgan fingerprint density at radius 2 is 2.00 bits per heavy atom. The van der Waals surface area contributed by atoms with Gasteiger partial charge in [0.15, 0.2) is 0 Å². The van der Waals surface area contributed by atoms with Gasteiger partial charge < -0.3 is 19.3 Å².